The Hall–Kier alpha value is -2.79. The van der Waals surface area contributed by atoms with Gasteiger partial charge in [-0.15, -0.1) is 0 Å². The molecule has 6 rings (SSSR count). The number of fused-ring (bicyclic) bond motifs is 2. The minimum Gasteiger partial charge on any atom is -0.388 e. The molecule has 0 amide bonds. The first-order chi connectivity index (χ1) is 15.2. The third-order valence-corrected chi connectivity index (χ3v) is 7.38. The molecule has 0 aliphatic heterocycles. The van der Waals surface area contributed by atoms with Crippen LogP contribution in [0.2, 0.25) is 0 Å². The van der Waals surface area contributed by atoms with Crippen LogP contribution in [0, 0.1) is 11.7 Å². The molecule has 2 saturated carbocycles. The summed E-state index contributed by atoms with van der Waals surface area (Å²) in [6, 6.07) is 9.06. The summed E-state index contributed by atoms with van der Waals surface area (Å²) in [6.07, 6.45) is 13.5. The lowest BCUT2D eigenvalue weighted by atomic mass is 9.74. The topological polar surface area (TPSA) is 50.4 Å². The van der Waals surface area contributed by atoms with Crippen molar-refractivity contribution in [3.05, 3.63) is 77.8 Å². The van der Waals surface area contributed by atoms with Gasteiger partial charge < -0.3 is 9.51 Å². The largest absolute Gasteiger partial charge is 0.388 e. The van der Waals surface area contributed by atoms with Crippen molar-refractivity contribution in [2.24, 2.45) is 5.92 Å². The van der Waals surface area contributed by atoms with Gasteiger partial charge in [-0.05, 0) is 97.7 Å². The van der Waals surface area contributed by atoms with E-state index in [1.807, 2.05) is 29.2 Å². The smallest absolute Gasteiger partial charge is 0.123 e. The van der Waals surface area contributed by atoms with Crippen LogP contribution in [0.5, 0.6) is 0 Å². The van der Waals surface area contributed by atoms with Gasteiger partial charge in [0, 0.05) is 23.3 Å². The summed E-state index contributed by atoms with van der Waals surface area (Å²) in [5, 5.41) is 12.4. The fourth-order valence-corrected chi connectivity index (χ4v) is 5.58. The average molecular weight is 416 g/mol. The molecule has 3 aromatic heterocycles. The van der Waals surface area contributed by atoms with Crippen LogP contribution in [0.25, 0.3) is 16.4 Å². The summed E-state index contributed by atoms with van der Waals surface area (Å²) in [5.74, 6) is 0.982. The predicted molar refractivity (Wildman–Crippen MR) is 119 cm³/mol. The molecule has 0 bridgehead atoms. The maximum absolute atomic E-state index is 13.9. The number of halogens is 1. The highest BCUT2D eigenvalue weighted by molar-refractivity contribution is 5.82. The van der Waals surface area contributed by atoms with E-state index < -0.39 is 6.10 Å². The van der Waals surface area contributed by atoms with E-state index in [9.17, 15) is 9.50 Å². The van der Waals surface area contributed by atoms with Gasteiger partial charge in [0.1, 0.15) is 5.82 Å². The molecule has 1 unspecified atom stereocenters. The van der Waals surface area contributed by atoms with Crippen LogP contribution in [0.4, 0.5) is 4.39 Å². The van der Waals surface area contributed by atoms with Crippen molar-refractivity contribution < 1.29 is 9.50 Å². The highest BCUT2D eigenvalue weighted by atomic mass is 19.1. The molecule has 31 heavy (non-hydrogen) atoms. The monoisotopic (exact) mass is 415 g/mol. The molecule has 0 saturated heterocycles. The highest BCUT2D eigenvalue weighted by Gasteiger charge is 2.34. The molecule has 0 spiro atoms. The first-order valence-electron chi connectivity index (χ1n) is 11.4. The van der Waals surface area contributed by atoms with E-state index in [4.69, 9.17) is 0 Å². The fraction of sp³-hybridized carbons (Fsp3) is 0.385. The number of hydrogen-bond donors (Lipinski definition) is 1. The van der Waals surface area contributed by atoms with Crippen molar-refractivity contribution in [3.63, 3.8) is 0 Å². The summed E-state index contributed by atoms with van der Waals surface area (Å²) in [7, 11) is 0. The number of imidazole rings is 1. The van der Waals surface area contributed by atoms with E-state index in [0.717, 1.165) is 47.7 Å². The third-order valence-electron chi connectivity index (χ3n) is 7.38. The van der Waals surface area contributed by atoms with Gasteiger partial charge >= 0.3 is 0 Å². The number of benzene rings is 1. The second kappa shape index (κ2) is 7.41. The maximum atomic E-state index is 13.9. The van der Waals surface area contributed by atoms with Gasteiger partial charge in [0.15, 0.2) is 0 Å². The molecular formula is C26H26FN3O. The van der Waals surface area contributed by atoms with Crippen molar-refractivity contribution in [2.45, 2.75) is 56.5 Å². The van der Waals surface area contributed by atoms with Gasteiger partial charge in [0.05, 0.1) is 29.7 Å². The minimum atomic E-state index is -0.469. The van der Waals surface area contributed by atoms with Gasteiger partial charge in [0.25, 0.3) is 0 Å². The fourth-order valence-electron chi connectivity index (χ4n) is 5.58. The molecule has 4 aromatic rings. The number of aliphatic hydroxyl groups is 1. The molecular weight excluding hydrogens is 389 g/mol. The van der Waals surface area contributed by atoms with E-state index in [2.05, 4.69) is 22.2 Å². The first-order valence-corrected chi connectivity index (χ1v) is 11.4. The van der Waals surface area contributed by atoms with Gasteiger partial charge in [-0.25, -0.2) is 9.37 Å². The number of nitrogens with zero attached hydrogens (tertiary/aromatic N) is 3. The van der Waals surface area contributed by atoms with E-state index in [1.54, 1.807) is 12.1 Å². The Morgan fingerprint density at radius 2 is 1.74 bits per heavy atom. The molecule has 1 N–H and O–H groups in total. The molecule has 1 atom stereocenters. The lowest BCUT2D eigenvalue weighted by Crippen LogP contribution is -2.21. The normalized spacial score (nSPS) is 22.8. The lowest BCUT2D eigenvalue weighted by molar-refractivity contribution is 0.0811. The molecule has 158 valence electrons. The molecule has 0 radical (unpaired) electrons. The van der Waals surface area contributed by atoms with Crippen molar-refractivity contribution >= 4 is 16.4 Å². The van der Waals surface area contributed by atoms with Crippen LogP contribution in [0.15, 0.2) is 55.2 Å². The molecule has 2 fully saturated rings. The van der Waals surface area contributed by atoms with Crippen LogP contribution in [0.1, 0.15) is 73.2 Å². The van der Waals surface area contributed by atoms with Crippen molar-refractivity contribution in [3.8, 4) is 0 Å². The van der Waals surface area contributed by atoms with Gasteiger partial charge in [-0.1, -0.05) is 0 Å². The number of pyridine rings is 2. The number of rotatable bonds is 4. The SMILES string of the molecule is OC(c1c(C2CC2)ccn2cncc12)C1CCC(c2ccnc3ccc(F)cc23)CC1. The quantitative estimate of drug-likeness (QED) is 0.451. The number of aliphatic hydroxyl groups excluding tert-OH is 1. The minimum absolute atomic E-state index is 0.215. The molecule has 5 heteroatoms. The summed E-state index contributed by atoms with van der Waals surface area (Å²) in [6.45, 7) is 0. The van der Waals surface area contributed by atoms with Crippen molar-refractivity contribution in [1.82, 2.24) is 14.4 Å². The zero-order chi connectivity index (χ0) is 20.9. The maximum Gasteiger partial charge on any atom is 0.123 e. The van der Waals surface area contributed by atoms with Crippen LogP contribution >= 0.6 is 0 Å². The molecule has 4 nitrogen and oxygen atoms in total. The van der Waals surface area contributed by atoms with E-state index in [-0.39, 0.29) is 11.7 Å². The second-order valence-corrected chi connectivity index (χ2v) is 9.26. The summed E-state index contributed by atoms with van der Waals surface area (Å²) >= 11 is 0. The number of aromatic nitrogens is 3. The van der Waals surface area contributed by atoms with Crippen LogP contribution in [-0.4, -0.2) is 19.5 Å². The molecule has 2 aliphatic carbocycles. The molecule has 3 heterocycles. The Bertz CT molecular complexity index is 1250. The standard InChI is InChI=1S/C26H26FN3O/c27-19-7-8-23-22(13-19)20(9-11-29-23)16-3-5-18(6-4-16)26(31)25-21(17-1-2-17)10-12-30-15-28-14-24(25)30/h7-18,26,31H,1-6H2. The highest BCUT2D eigenvalue weighted by Crippen LogP contribution is 2.48. The van der Waals surface area contributed by atoms with E-state index in [0.29, 0.717) is 11.8 Å². The zero-order valence-electron chi connectivity index (χ0n) is 17.4. The summed E-state index contributed by atoms with van der Waals surface area (Å²) in [5.41, 5.74) is 5.46. The predicted octanol–water partition coefficient (Wildman–Crippen LogP) is 5.91. The number of hydrogen-bond acceptors (Lipinski definition) is 3. The Morgan fingerprint density at radius 3 is 2.55 bits per heavy atom. The second-order valence-electron chi connectivity index (χ2n) is 9.26. The van der Waals surface area contributed by atoms with Gasteiger partial charge in [-0.3, -0.25) is 4.98 Å². The Morgan fingerprint density at radius 1 is 0.968 bits per heavy atom. The third kappa shape index (κ3) is 3.32. The van der Waals surface area contributed by atoms with Crippen LogP contribution < -0.4 is 0 Å². The first kappa shape index (κ1) is 18.9. The zero-order valence-corrected chi connectivity index (χ0v) is 17.4. The van der Waals surface area contributed by atoms with E-state index >= 15 is 0 Å². The molecule has 1 aromatic carbocycles. The molecule has 2 aliphatic rings. The Kier molecular flexibility index (Phi) is 4.53. The Balaban J connectivity index is 1.27. The van der Waals surface area contributed by atoms with Gasteiger partial charge in [0.2, 0.25) is 0 Å². The van der Waals surface area contributed by atoms with Crippen molar-refractivity contribution in [1.29, 1.82) is 0 Å². The Labute approximate surface area is 180 Å². The van der Waals surface area contributed by atoms with Crippen molar-refractivity contribution in [2.75, 3.05) is 0 Å². The van der Waals surface area contributed by atoms with E-state index in [1.165, 1.54) is 30.0 Å². The average Bonchev–Trinajstić information content (AvgIpc) is 3.54. The summed E-state index contributed by atoms with van der Waals surface area (Å²) < 4.78 is 15.9. The lowest BCUT2D eigenvalue weighted by Gasteiger charge is -2.33. The van der Waals surface area contributed by atoms with Crippen LogP contribution in [-0.2, 0) is 0 Å². The summed E-state index contributed by atoms with van der Waals surface area (Å²) in [4.78, 5) is 8.72. The van der Waals surface area contributed by atoms with Gasteiger partial charge in [-0.2, -0.15) is 0 Å². The van der Waals surface area contributed by atoms with Crippen LogP contribution in [0.3, 0.4) is 0 Å².